The van der Waals surface area contributed by atoms with Crippen LogP contribution < -0.4 is 20.3 Å². The first kappa shape index (κ1) is 11.0. The quantitative estimate of drug-likeness (QED) is 0.730. The fraction of sp³-hybridized carbons (Fsp3) is 0.333. The van der Waals surface area contributed by atoms with Gasteiger partial charge >= 0.3 is 0 Å². The minimum atomic E-state index is -0.505. The standard InChI is InChI=1S/C12H13N3O3/c1-18-9-4-2-3-7-11(9)15-8(12(17)14-7)5-13-6-10(15)16/h2-4,8,13H,5-6H2,1H3,(H,14,17). The maximum absolute atomic E-state index is 12.0. The van der Waals surface area contributed by atoms with Crippen LogP contribution in [0, 0.1) is 0 Å². The Morgan fingerprint density at radius 1 is 1.39 bits per heavy atom. The molecule has 3 rings (SSSR count). The average Bonchev–Trinajstić information content (AvgIpc) is 2.38. The third kappa shape index (κ3) is 1.46. The second-order valence-corrected chi connectivity index (χ2v) is 4.26. The lowest BCUT2D eigenvalue weighted by Gasteiger charge is -2.40. The van der Waals surface area contributed by atoms with Gasteiger partial charge < -0.3 is 15.4 Å². The van der Waals surface area contributed by atoms with Gasteiger partial charge in [0.2, 0.25) is 11.8 Å². The molecule has 1 aromatic rings. The van der Waals surface area contributed by atoms with E-state index >= 15 is 0 Å². The van der Waals surface area contributed by atoms with E-state index < -0.39 is 6.04 Å². The monoisotopic (exact) mass is 247 g/mol. The van der Waals surface area contributed by atoms with Crippen LogP contribution in [0.15, 0.2) is 18.2 Å². The number of hydrogen-bond donors (Lipinski definition) is 2. The second kappa shape index (κ2) is 3.99. The molecule has 2 amide bonds. The first-order valence-electron chi connectivity index (χ1n) is 5.73. The van der Waals surface area contributed by atoms with Gasteiger partial charge in [-0.2, -0.15) is 0 Å². The molecular formula is C12H13N3O3. The molecule has 1 fully saturated rings. The fourth-order valence-corrected chi connectivity index (χ4v) is 2.41. The number of benzene rings is 1. The zero-order valence-electron chi connectivity index (χ0n) is 9.90. The largest absolute Gasteiger partial charge is 0.494 e. The Morgan fingerprint density at radius 3 is 3.00 bits per heavy atom. The van der Waals surface area contributed by atoms with Gasteiger partial charge in [0, 0.05) is 6.54 Å². The molecule has 0 saturated carbocycles. The van der Waals surface area contributed by atoms with Crippen LogP contribution in [-0.2, 0) is 9.59 Å². The smallest absolute Gasteiger partial charge is 0.248 e. The van der Waals surface area contributed by atoms with Crippen LogP contribution in [0.5, 0.6) is 5.75 Å². The van der Waals surface area contributed by atoms with Crippen LogP contribution in [-0.4, -0.2) is 38.1 Å². The number of para-hydroxylation sites is 1. The van der Waals surface area contributed by atoms with E-state index in [-0.39, 0.29) is 18.4 Å². The second-order valence-electron chi connectivity index (χ2n) is 4.26. The van der Waals surface area contributed by atoms with Crippen molar-refractivity contribution in [2.45, 2.75) is 6.04 Å². The van der Waals surface area contributed by atoms with Crippen molar-refractivity contribution in [1.29, 1.82) is 0 Å². The van der Waals surface area contributed by atoms with Gasteiger partial charge in [-0.3, -0.25) is 14.5 Å². The van der Waals surface area contributed by atoms with E-state index in [4.69, 9.17) is 4.74 Å². The Labute approximate surface area is 104 Å². The minimum Gasteiger partial charge on any atom is -0.494 e. The molecular weight excluding hydrogens is 234 g/mol. The van der Waals surface area contributed by atoms with E-state index in [0.717, 1.165) is 0 Å². The van der Waals surface area contributed by atoms with Gasteiger partial charge in [-0.1, -0.05) is 6.07 Å². The number of methoxy groups -OCH3 is 1. The van der Waals surface area contributed by atoms with E-state index in [0.29, 0.717) is 23.7 Å². The van der Waals surface area contributed by atoms with Gasteiger partial charge in [-0.15, -0.1) is 0 Å². The summed E-state index contributed by atoms with van der Waals surface area (Å²) in [6.45, 7) is 0.691. The van der Waals surface area contributed by atoms with Gasteiger partial charge in [-0.25, -0.2) is 0 Å². The van der Waals surface area contributed by atoms with Crippen LogP contribution in [0.2, 0.25) is 0 Å². The van der Waals surface area contributed by atoms with Crippen LogP contribution in [0.1, 0.15) is 0 Å². The Bertz CT molecular complexity index is 529. The molecule has 2 aliphatic rings. The molecule has 2 heterocycles. The van der Waals surface area contributed by atoms with Crippen molar-refractivity contribution in [3.63, 3.8) is 0 Å². The zero-order valence-corrected chi connectivity index (χ0v) is 9.90. The molecule has 6 nitrogen and oxygen atoms in total. The highest BCUT2D eigenvalue weighted by atomic mass is 16.5. The summed E-state index contributed by atoms with van der Waals surface area (Å²) in [5.41, 5.74) is 1.27. The van der Waals surface area contributed by atoms with Crippen LogP contribution in [0.4, 0.5) is 11.4 Å². The Morgan fingerprint density at radius 2 is 2.22 bits per heavy atom. The molecule has 0 bridgehead atoms. The molecule has 1 aromatic carbocycles. The molecule has 1 unspecified atom stereocenters. The molecule has 1 atom stereocenters. The van der Waals surface area contributed by atoms with Gasteiger partial charge in [0.05, 0.1) is 19.3 Å². The number of hydrogen-bond acceptors (Lipinski definition) is 4. The summed E-state index contributed by atoms with van der Waals surface area (Å²) in [6, 6.07) is 4.82. The van der Waals surface area contributed by atoms with Crippen LogP contribution >= 0.6 is 0 Å². The predicted molar refractivity (Wildman–Crippen MR) is 65.8 cm³/mol. The molecule has 1 saturated heterocycles. The van der Waals surface area contributed by atoms with Crippen molar-refractivity contribution in [1.82, 2.24) is 5.32 Å². The van der Waals surface area contributed by atoms with E-state index in [1.165, 1.54) is 4.90 Å². The normalized spacial score (nSPS) is 22.1. The number of carbonyl (C=O) groups is 2. The van der Waals surface area contributed by atoms with Crippen LogP contribution in [0.3, 0.4) is 0 Å². The van der Waals surface area contributed by atoms with E-state index in [9.17, 15) is 9.59 Å². The Hall–Kier alpha value is -2.08. The summed E-state index contributed by atoms with van der Waals surface area (Å²) < 4.78 is 5.28. The fourth-order valence-electron chi connectivity index (χ4n) is 2.41. The Kier molecular flexibility index (Phi) is 2.45. The Balaban J connectivity index is 2.17. The van der Waals surface area contributed by atoms with Crippen molar-refractivity contribution in [2.24, 2.45) is 0 Å². The lowest BCUT2D eigenvalue weighted by Crippen LogP contribution is -2.61. The number of fused-ring (bicyclic) bond motifs is 3. The van der Waals surface area contributed by atoms with Gasteiger partial charge in [0.15, 0.2) is 0 Å². The summed E-state index contributed by atoms with van der Waals surface area (Å²) in [6.07, 6.45) is 0. The summed E-state index contributed by atoms with van der Waals surface area (Å²) in [5, 5.41) is 5.74. The van der Waals surface area contributed by atoms with Gasteiger partial charge in [-0.05, 0) is 12.1 Å². The highest BCUT2D eigenvalue weighted by Crippen LogP contribution is 2.40. The van der Waals surface area contributed by atoms with Crippen molar-refractivity contribution >= 4 is 23.2 Å². The zero-order chi connectivity index (χ0) is 12.7. The molecule has 6 heteroatoms. The van der Waals surface area contributed by atoms with Gasteiger partial charge in [0.1, 0.15) is 17.5 Å². The molecule has 94 valence electrons. The minimum absolute atomic E-state index is 0.119. The van der Waals surface area contributed by atoms with Crippen molar-refractivity contribution in [3.05, 3.63) is 18.2 Å². The number of rotatable bonds is 1. The number of nitrogens with zero attached hydrogens (tertiary/aromatic N) is 1. The number of anilines is 2. The number of nitrogens with one attached hydrogen (secondary N) is 2. The molecule has 0 aromatic heterocycles. The number of amides is 2. The van der Waals surface area contributed by atoms with Gasteiger partial charge in [0.25, 0.3) is 0 Å². The molecule has 0 spiro atoms. The van der Waals surface area contributed by atoms with Crippen LogP contribution in [0.25, 0.3) is 0 Å². The van der Waals surface area contributed by atoms with Crippen molar-refractivity contribution in [2.75, 3.05) is 30.4 Å². The third-order valence-electron chi connectivity index (χ3n) is 3.21. The van der Waals surface area contributed by atoms with Crippen molar-refractivity contribution in [3.8, 4) is 5.75 Å². The maximum atomic E-state index is 12.0. The number of ether oxygens (including phenoxy) is 1. The molecule has 18 heavy (non-hydrogen) atoms. The highest BCUT2D eigenvalue weighted by Gasteiger charge is 2.40. The topological polar surface area (TPSA) is 70.7 Å². The summed E-state index contributed by atoms with van der Waals surface area (Å²) in [4.78, 5) is 25.5. The first-order chi connectivity index (χ1) is 8.72. The van der Waals surface area contributed by atoms with Crippen molar-refractivity contribution < 1.29 is 14.3 Å². The summed E-state index contributed by atoms with van der Waals surface area (Å²) in [7, 11) is 1.55. The predicted octanol–water partition coefficient (Wildman–Crippen LogP) is -0.0479. The molecule has 2 N–H and O–H groups in total. The molecule has 0 aliphatic carbocycles. The lowest BCUT2D eigenvalue weighted by atomic mass is 10.0. The number of piperazine rings is 1. The molecule has 0 radical (unpaired) electrons. The third-order valence-corrected chi connectivity index (χ3v) is 3.21. The summed E-state index contributed by atoms with van der Waals surface area (Å²) >= 11 is 0. The van der Waals surface area contributed by atoms with E-state index in [2.05, 4.69) is 10.6 Å². The first-order valence-corrected chi connectivity index (χ1v) is 5.73. The highest BCUT2D eigenvalue weighted by molar-refractivity contribution is 6.14. The summed E-state index contributed by atoms with van der Waals surface area (Å²) in [5.74, 6) is 0.302. The SMILES string of the molecule is COc1cccc2c1N1C(=O)CNCC1C(=O)N2. The lowest BCUT2D eigenvalue weighted by molar-refractivity contribution is -0.125. The van der Waals surface area contributed by atoms with E-state index in [1.54, 1.807) is 25.3 Å². The van der Waals surface area contributed by atoms with E-state index in [1.807, 2.05) is 0 Å². The maximum Gasteiger partial charge on any atom is 0.248 e. The number of carbonyl (C=O) groups excluding carboxylic acids is 2. The average molecular weight is 247 g/mol. The molecule has 2 aliphatic heterocycles.